The molecule has 0 radical (unpaired) electrons. The lowest BCUT2D eigenvalue weighted by molar-refractivity contribution is 0.0254. The molecule has 0 fully saturated rings. The van der Waals surface area contributed by atoms with Crippen molar-refractivity contribution in [3.8, 4) is 0 Å². The molecule has 0 aromatic carbocycles. The molecule has 170 valence electrons. The van der Waals surface area contributed by atoms with Gasteiger partial charge in [-0.1, -0.05) is 82.4 Å². The van der Waals surface area contributed by atoms with E-state index in [0.717, 1.165) is 0 Å². The smallest absolute Gasteiger partial charge is 0.265 e. The first-order valence-electron chi connectivity index (χ1n) is 10.0. The first-order valence-corrected chi connectivity index (χ1v) is 17.0. The molecule has 1 N–H and O–H groups in total. The Labute approximate surface area is 194 Å². The second-order valence-corrected chi connectivity index (χ2v) is 22.7. The average molecular weight is 503 g/mol. The van der Waals surface area contributed by atoms with Crippen LogP contribution in [0.1, 0.15) is 48.0 Å². The summed E-state index contributed by atoms with van der Waals surface area (Å²) < 4.78 is 17.2. The number of hydrogen-bond acceptors (Lipinski definition) is 4. The fraction of sp³-hybridized carbons (Fsp3) is 0.850. The Morgan fingerprint density at radius 1 is 0.862 bits per heavy atom. The van der Waals surface area contributed by atoms with Crippen LogP contribution in [0.25, 0.3) is 0 Å². The largest absolute Gasteiger partial charge is 0.470 e. The van der Waals surface area contributed by atoms with Crippen LogP contribution in [0, 0.1) is 5.41 Å². The molecule has 9 heteroatoms. The highest BCUT2D eigenvalue weighted by molar-refractivity contribution is 6.76. The zero-order valence-corrected chi connectivity index (χ0v) is 23.7. The van der Waals surface area contributed by atoms with Gasteiger partial charge in [0.15, 0.2) is 16.6 Å². The highest BCUT2D eigenvalue weighted by Gasteiger charge is 2.46. The Morgan fingerprint density at radius 3 is 1.72 bits per heavy atom. The summed E-state index contributed by atoms with van der Waals surface area (Å²) in [6.45, 7) is 22.3. The number of ether oxygens (including phenoxy) is 1. The van der Waals surface area contributed by atoms with Crippen LogP contribution in [0.4, 0.5) is 0 Å². The van der Waals surface area contributed by atoms with Crippen LogP contribution in [0.3, 0.4) is 0 Å². The lowest BCUT2D eigenvalue weighted by Crippen LogP contribution is -2.53. The molecule has 0 spiro atoms. The van der Waals surface area contributed by atoms with Crippen molar-refractivity contribution in [3.63, 3.8) is 0 Å². The van der Waals surface area contributed by atoms with Gasteiger partial charge in [-0.05, 0) is 42.3 Å². The fourth-order valence-electron chi connectivity index (χ4n) is 2.41. The van der Waals surface area contributed by atoms with Crippen molar-refractivity contribution in [2.24, 2.45) is 0 Å². The van der Waals surface area contributed by atoms with E-state index < -0.39 is 26.5 Å². The number of hydrogen-bond donors (Lipinski definition) is 1. The molecule has 0 heterocycles. The topological polar surface area (TPSA) is 51.5 Å². The molecule has 0 aromatic rings. The molecule has 0 bridgehead atoms. The van der Waals surface area contributed by atoms with Gasteiger partial charge in [0, 0.05) is 6.42 Å². The maximum Gasteiger partial charge on any atom is 0.265 e. The monoisotopic (exact) mass is 501 g/mol. The third kappa shape index (κ3) is 7.51. The van der Waals surface area contributed by atoms with E-state index in [0.29, 0.717) is 6.42 Å². The zero-order chi connectivity index (χ0) is 23.1. The van der Waals surface area contributed by atoms with E-state index in [1.54, 1.807) is 0 Å². The minimum Gasteiger partial charge on any atom is -0.470 e. The predicted molar refractivity (Wildman–Crippen MR) is 131 cm³/mol. The summed E-state index contributed by atoms with van der Waals surface area (Å²) >= 11 is 17.4. The standard InChI is InChI=1S/C20H38Cl3NO3Si2/c1-18(2,3)28(7,8)26-15-12-11-14(25-17(24)20(21,22)23)13-16(15)27-29(9,10)19(4,5)6/h11-12,14-16,24H,13H2,1-10H3/t14-,15+,16-/m0/s1. The van der Waals surface area contributed by atoms with Crippen LogP contribution < -0.4 is 0 Å². The van der Waals surface area contributed by atoms with E-state index in [1.807, 2.05) is 12.2 Å². The van der Waals surface area contributed by atoms with E-state index in [-0.39, 0.29) is 28.2 Å². The SMILES string of the molecule is CC(C)(C)[Si](C)(C)O[C@H]1C[C@@H](OC(=N)C(Cl)(Cl)Cl)C=C[C@H]1O[Si](C)(C)C(C)(C)C. The van der Waals surface area contributed by atoms with Crippen molar-refractivity contribution >= 4 is 57.3 Å². The van der Waals surface area contributed by atoms with Gasteiger partial charge in [-0.25, -0.2) is 0 Å². The Balaban J connectivity index is 3.14. The average Bonchev–Trinajstić information content (AvgIpc) is 2.46. The number of halogens is 3. The number of alkyl halides is 3. The minimum absolute atomic E-state index is 0.0658. The third-order valence-electron chi connectivity index (χ3n) is 6.36. The molecule has 0 aliphatic heterocycles. The van der Waals surface area contributed by atoms with Crippen molar-refractivity contribution in [1.29, 1.82) is 5.41 Å². The second kappa shape index (κ2) is 9.12. The zero-order valence-electron chi connectivity index (χ0n) is 19.5. The molecule has 0 saturated heterocycles. The third-order valence-corrected chi connectivity index (χ3v) is 15.9. The summed E-state index contributed by atoms with van der Waals surface area (Å²) in [6.07, 6.45) is 3.71. The van der Waals surface area contributed by atoms with Crippen molar-refractivity contribution in [1.82, 2.24) is 0 Å². The molecule has 1 aliphatic rings. The van der Waals surface area contributed by atoms with Gasteiger partial charge in [-0.3, -0.25) is 5.41 Å². The van der Waals surface area contributed by atoms with Gasteiger partial charge in [-0.2, -0.15) is 0 Å². The molecule has 0 amide bonds. The lowest BCUT2D eigenvalue weighted by Gasteiger charge is -2.46. The van der Waals surface area contributed by atoms with Crippen LogP contribution >= 0.6 is 34.8 Å². The Morgan fingerprint density at radius 2 is 1.31 bits per heavy atom. The van der Waals surface area contributed by atoms with Crippen LogP contribution in [0.2, 0.25) is 36.3 Å². The molecule has 0 unspecified atom stereocenters. The first-order chi connectivity index (χ1) is 12.7. The normalized spacial score (nSPS) is 24.5. The molecular formula is C20H38Cl3NO3Si2. The summed E-state index contributed by atoms with van der Waals surface area (Å²) in [5, 5.41) is 8.05. The lowest BCUT2D eigenvalue weighted by atomic mass is 9.99. The van der Waals surface area contributed by atoms with E-state index in [1.165, 1.54) is 0 Å². The van der Waals surface area contributed by atoms with Crippen molar-refractivity contribution in [2.45, 2.75) is 106 Å². The summed E-state index contributed by atoms with van der Waals surface area (Å²) in [6, 6.07) is 0. The molecule has 0 saturated carbocycles. The Kier molecular flexibility index (Phi) is 8.64. The minimum atomic E-state index is -2.05. The van der Waals surface area contributed by atoms with Gasteiger partial charge in [0.25, 0.3) is 3.79 Å². The van der Waals surface area contributed by atoms with Crippen LogP contribution in [-0.4, -0.2) is 44.6 Å². The predicted octanol–water partition coefficient (Wildman–Crippen LogP) is 7.46. The maximum atomic E-state index is 7.89. The van der Waals surface area contributed by atoms with Crippen LogP contribution in [0.15, 0.2) is 12.2 Å². The van der Waals surface area contributed by atoms with Gasteiger partial charge in [-0.15, -0.1) is 0 Å². The molecule has 1 aliphatic carbocycles. The number of rotatable bonds is 5. The highest BCUT2D eigenvalue weighted by atomic mass is 35.6. The van der Waals surface area contributed by atoms with Crippen LogP contribution in [-0.2, 0) is 13.6 Å². The van der Waals surface area contributed by atoms with Crippen molar-refractivity contribution in [3.05, 3.63) is 12.2 Å². The molecule has 4 nitrogen and oxygen atoms in total. The second-order valence-electron chi connectivity index (χ2n) is 10.9. The number of nitrogens with one attached hydrogen (secondary N) is 1. The molecular weight excluding hydrogens is 465 g/mol. The van der Waals surface area contributed by atoms with E-state index in [2.05, 4.69) is 67.7 Å². The summed E-state index contributed by atoms with van der Waals surface area (Å²) in [7, 11) is -4.05. The van der Waals surface area contributed by atoms with Crippen molar-refractivity contribution in [2.75, 3.05) is 0 Å². The van der Waals surface area contributed by atoms with Gasteiger partial charge in [0.05, 0.1) is 12.2 Å². The molecule has 0 aromatic heterocycles. The van der Waals surface area contributed by atoms with Gasteiger partial charge >= 0.3 is 0 Å². The van der Waals surface area contributed by atoms with Crippen LogP contribution in [0.5, 0.6) is 0 Å². The van der Waals surface area contributed by atoms with E-state index >= 15 is 0 Å². The van der Waals surface area contributed by atoms with E-state index in [9.17, 15) is 0 Å². The Bertz CT molecular complexity index is 620. The summed E-state index contributed by atoms with van der Waals surface area (Å²) in [4.78, 5) is 0. The first kappa shape index (κ1) is 27.5. The molecule has 3 atom stereocenters. The summed E-state index contributed by atoms with van der Waals surface area (Å²) in [5.41, 5.74) is 0. The van der Waals surface area contributed by atoms with Gasteiger partial charge in [0.1, 0.15) is 6.10 Å². The van der Waals surface area contributed by atoms with Crippen molar-refractivity contribution < 1.29 is 13.6 Å². The summed E-state index contributed by atoms with van der Waals surface area (Å²) in [5.74, 6) is -0.382. The molecule has 1 rings (SSSR count). The quantitative estimate of drug-likeness (QED) is 0.139. The molecule has 29 heavy (non-hydrogen) atoms. The highest BCUT2D eigenvalue weighted by Crippen LogP contribution is 2.42. The van der Waals surface area contributed by atoms with Gasteiger partial charge in [0.2, 0.25) is 5.90 Å². The maximum absolute atomic E-state index is 7.89. The van der Waals surface area contributed by atoms with Gasteiger partial charge < -0.3 is 13.6 Å². The fourth-order valence-corrected chi connectivity index (χ4v) is 5.15. The Hall–Kier alpha value is 0.434. The van der Waals surface area contributed by atoms with E-state index in [4.69, 9.17) is 53.8 Å².